The third-order valence-corrected chi connectivity index (χ3v) is 4.54. The second-order valence-electron chi connectivity index (χ2n) is 6.06. The van der Waals surface area contributed by atoms with E-state index in [2.05, 4.69) is 27.7 Å². The fourth-order valence-corrected chi connectivity index (χ4v) is 3.94. The molecule has 3 saturated carbocycles. The molecular weight excluding hydrogens is 156 g/mol. The molecule has 0 nitrogen and oxygen atoms in total. The van der Waals surface area contributed by atoms with Crippen LogP contribution in [0, 0.1) is 35.5 Å². The van der Waals surface area contributed by atoms with E-state index in [1.54, 1.807) is 12.8 Å². The Balaban J connectivity index is 2.08. The van der Waals surface area contributed by atoms with Crippen molar-refractivity contribution in [1.82, 2.24) is 0 Å². The van der Waals surface area contributed by atoms with Crippen molar-refractivity contribution in [2.45, 2.75) is 47.0 Å². The van der Waals surface area contributed by atoms with Crippen LogP contribution in [-0.4, -0.2) is 0 Å². The molecule has 0 heteroatoms. The highest BCUT2D eigenvalue weighted by Crippen LogP contribution is 2.55. The molecule has 2 bridgehead atoms. The molecule has 76 valence electrons. The predicted molar refractivity (Wildman–Crippen MR) is 57.5 cm³/mol. The smallest absolute Gasteiger partial charge is 0.0332 e. The maximum absolute atomic E-state index is 2.43. The Morgan fingerprint density at radius 1 is 0.846 bits per heavy atom. The number of rotatable bonds is 2. The summed E-state index contributed by atoms with van der Waals surface area (Å²) in [5.74, 6) is 6.14. The van der Waals surface area contributed by atoms with Crippen molar-refractivity contribution >= 4 is 0 Å². The first-order valence-electron chi connectivity index (χ1n) is 6.09. The summed E-state index contributed by atoms with van der Waals surface area (Å²) in [6, 6.07) is 0. The van der Waals surface area contributed by atoms with Crippen molar-refractivity contribution in [3.63, 3.8) is 0 Å². The molecule has 0 saturated heterocycles. The summed E-state index contributed by atoms with van der Waals surface area (Å²) in [6.45, 7) is 9.70. The van der Waals surface area contributed by atoms with Gasteiger partial charge >= 0.3 is 0 Å². The molecule has 0 aromatic carbocycles. The van der Waals surface area contributed by atoms with Gasteiger partial charge in [-0.05, 0) is 54.8 Å². The summed E-state index contributed by atoms with van der Waals surface area (Å²) < 4.78 is 0. The van der Waals surface area contributed by atoms with Gasteiger partial charge in [0.25, 0.3) is 0 Å². The van der Waals surface area contributed by atoms with Crippen LogP contribution in [-0.2, 0) is 0 Å². The van der Waals surface area contributed by atoms with Crippen LogP contribution in [0.3, 0.4) is 0 Å². The van der Waals surface area contributed by atoms with Crippen LogP contribution < -0.4 is 0 Å². The average Bonchev–Trinajstić information content (AvgIpc) is 2.01. The molecule has 0 N–H and O–H groups in total. The Hall–Kier alpha value is 0. The van der Waals surface area contributed by atoms with Gasteiger partial charge in [0.05, 0.1) is 0 Å². The van der Waals surface area contributed by atoms with Crippen molar-refractivity contribution in [2.75, 3.05) is 0 Å². The van der Waals surface area contributed by atoms with Gasteiger partial charge in [-0.2, -0.15) is 0 Å². The minimum Gasteiger partial charge on any atom is -0.0625 e. The van der Waals surface area contributed by atoms with E-state index in [0.717, 1.165) is 35.5 Å². The van der Waals surface area contributed by atoms with Gasteiger partial charge in [-0.25, -0.2) is 0 Å². The van der Waals surface area contributed by atoms with Crippen LogP contribution in [0.4, 0.5) is 0 Å². The Morgan fingerprint density at radius 2 is 1.46 bits per heavy atom. The van der Waals surface area contributed by atoms with Gasteiger partial charge in [0, 0.05) is 0 Å². The quantitative estimate of drug-likeness (QED) is 0.603. The molecule has 3 aliphatic rings. The van der Waals surface area contributed by atoms with Gasteiger partial charge in [0.2, 0.25) is 0 Å². The van der Waals surface area contributed by atoms with E-state index in [0.29, 0.717) is 0 Å². The summed E-state index contributed by atoms with van der Waals surface area (Å²) in [6.07, 6.45) is 4.66. The van der Waals surface area contributed by atoms with E-state index in [1.165, 1.54) is 6.42 Å². The Morgan fingerprint density at radius 3 is 1.85 bits per heavy atom. The molecule has 3 fully saturated rings. The van der Waals surface area contributed by atoms with Crippen LogP contribution in [0.2, 0.25) is 0 Å². The maximum atomic E-state index is 2.43. The van der Waals surface area contributed by atoms with Crippen molar-refractivity contribution in [1.29, 1.82) is 0 Å². The van der Waals surface area contributed by atoms with Crippen LogP contribution in [0.15, 0.2) is 0 Å². The third kappa shape index (κ3) is 1.53. The fraction of sp³-hybridized carbons (Fsp3) is 1.00. The fourth-order valence-electron chi connectivity index (χ4n) is 3.94. The van der Waals surface area contributed by atoms with Crippen molar-refractivity contribution in [3.05, 3.63) is 0 Å². The minimum atomic E-state index is 0.915. The first-order chi connectivity index (χ1) is 6.09. The maximum Gasteiger partial charge on any atom is -0.0332 e. The van der Waals surface area contributed by atoms with Crippen LogP contribution in [0.5, 0.6) is 0 Å². The normalized spacial score (nSPS) is 43.8. The van der Waals surface area contributed by atoms with Crippen molar-refractivity contribution in [3.8, 4) is 0 Å². The Bertz CT molecular complexity index is 174. The molecule has 13 heavy (non-hydrogen) atoms. The number of hydrogen-bond donors (Lipinski definition) is 0. The monoisotopic (exact) mass is 180 g/mol. The lowest BCUT2D eigenvalue weighted by atomic mass is 9.51. The zero-order chi connectivity index (χ0) is 9.59. The molecule has 0 spiro atoms. The summed E-state index contributed by atoms with van der Waals surface area (Å²) in [5.41, 5.74) is 0. The summed E-state index contributed by atoms with van der Waals surface area (Å²) in [7, 11) is 0. The second-order valence-corrected chi connectivity index (χ2v) is 6.06. The lowest BCUT2D eigenvalue weighted by Gasteiger charge is -2.54. The Kier molecular flexibility index (Phi) is 2.42. The van der Waals surface area contributed by atoms with Crippen LogP contribution >= 0.6 is 0 Å². The zero-order valence-corrected chi connectivity index (χ0v) is 9.59. The highest BCUT2D eigenvalue weighted by molar-refractivity contribution is 4.96. The summed E-state index contributed by atoms with van der Waals surface area (Å²) >= 11 is 0. The zero-order valence-electron chi connectivity index (χ0n) is 9.59. The second kappa shape index (κ2) is 3.29. The SMILES string of the molecule is CC(C)C1CC2CC(C2)C1C(C)C. The Labute approximate surface area is 83.1 Å². The standard InChI is InChI=1S/C13H24/c1-8(2)12-7-10-5-11(6-10)13(12)9(3)4/h8-13H,5-7H2,1-4H3. The number of hydrogen-bond acceptors (Lipinski definition) is 0. The molecule has 3 rings (SSSR count). The van der Waals surface area contributed by atoms with Crippen LogP contribution in [0.25, 0.3) is 0 Å². The highest BCUT2D eigenvalue weighted by Gasteiger charge is 2.47. The van der Waals surface area contributed by atoms with E-state index >= 15 is 0 Å². The van der Waals surface area contributed by atoms with Gasteiger partial charge < -0.3 is 0 Å². The first kappa shape index (κ1) is 9.55. The molecule has 0 aromatic rings. The third-order valence-electron chi connectivity index (χ3n) is 4.54. The van der Waals surface area contributed by atoms with Crippen molar-refractivity contribution < 1.29 is 0 Å². The van der Waals surface area contributed by atoms with Gasteiger partial charge in [0.15, 0.2) is 0 Å². The molecule has 0 amide bonds. The van der Waals surface area contributed by atoms with Crippen LogP contribution in [0.1, 0.15) is 47.0 Å². The molecule has 3 aliphatic carbocycles. The largest absolute Gasteiger partial charge is 0.0625 e. The summed E-state index contributed by atoms with van der Waals surface area (Å²) in [4.78, 5) is 0. The number of fused-ring (bicyclic) bond motifs is 2. The predicted octanol–water partition coefficient (Wildman–Crippen LogP) is 3.96. The first-order valence-corrected chi connectivity index (χ1v) is 6.09. The minimum absolute atomic E-state index is 0.915. The molecule has 2 atom stereocenters. The topological polar surface area (TPSA) is 0 Å². The van der Waals surface area contributed by atoms with Gasteiger partial charge in [-0.1, -0.05) is 27.7 Å². The van der Waals surface area contributed by atoms with E-state index < -0.39 is 0 Å². The lowest BCUT2D eigenvalue weighted by Crippen LogP contribution is -2.46. The molecule has 0 radical (unpaired) electrons. The van der Waals surface area contributed by atoms with Gasteiger partial charge in [0.1, 0.15) is 0 Å². The van der Waals surface area contributed by atoms with Gasteiger partial charge in [-0.15, -0.1) is 0 Å². The van der Waals surface area contributed by atoms with E-state index in [9.17, 15) is 0 Å². The van der Waals surface area contributed by atoms with E-state index in [-0.39, 0.29) is 0 Å². The molecular formula is C13H24. The van der Waals surface area contributed by atoms with Crippen molar-refractivity contribution in [2.24, 2.45) is 35.5 Å². The lowest BCUT2D eigenvalue weighted by molar-refractivity contribution is -0.0443. The average molecular weight is 180 g/mol. The molecule has 2 unspecified atom stereocenters. The molecule has 0 heterocycles. The van der Waals surface area contributed by atoms with E-state index in [1.807, 2.05) is 0 Å². The van der Waals surface area contributed by atoms with E-state index in [4.69, 9.17) is 0 Å². The molecule has 0 aromatic heterocycles. The van der Waals surface area contributed by atoms with Gasteiger partial charge in [-0.3, -0.25) is 0 Å². The summed E-state index contributed by atoms with van der Waals surface area (Å²) in [5, 5.41) is 0. The molecule has 0 aliphatic heterocycles. The highest BCUT2D eigenvalue weighted by atomic mass is 14.5.